The summed E-state index contributed by atoms with van der Waals surface area (Å²) in [6.07, 6.45) is 3.42. The summed E-state index contributed by atoms with van der Waals surface area (Å²) >= 11 is 1.31. The minimum atomic E-state index is -0.346. The van der Waals surface area contributed by atoms with Crippen molar-refractivity contribution in [1.82, 2.24) is 20.2 Å². The summed E-state index contributed by atoms with van der Waals surface area (Å²) < 4.78 is 0. The molecule has 4 rings (SSSR count). The van der Waals surface area contributed by atoms with Gasteiger partial charge in [0.25, 0.3) is 0 Å². The molecule has 6 nitrogen and oxygen atoms in total. The van der Waals surface area contributed by atoms with Crippen LogP contribution in [0.5, 0.6) is 0 Å². The molecule has 0 bridgehead atoms. The van der Waals surface area contributed by atoms with E-state index in [-0.39, 0.29) is 11.2 Å². The lowest BCUT2D eigenvalue weighted by Gasteiger charge is -2.12. The monoisotopic (exact) mass is 375 g/mol. The maximum absolute atomic E-state index is 12.6. The second-order valence-electron chi connectivity index (χ2n) is 5.98. The largest absolute Gasteiger partial charge is 0.325 e. The van der Waals surface area contributed by atoms with Crippen molar-refractivity contribution >= 4 is 34.1 Å². The topological polar surface area (TPSA) is 83.6 Å². The fraction of sp³-hybridized carbons (Fsp3) is 0.100. The smallest absolute Gasteiger partial charge is 0.237 e. The highest BCUT2D eigenvalue weighted by Gasteiger charge is 2.18. The number of pyridine rings is 1. The number of hydrogen-bond acceptors (Lipinski definition) is 5. The fourth-order valence-corrected chi connectivity index (χ4v) is 3.44. The van der Waals surface area contributed by atoms with Crippen molar-refractivity contribution in [3.05, 3.63) is 67.0 Å². The van der Waals surface area contributed by atoms with Crippen molar-refractivity contribution in [1.29, 1.82) is 0 Å². The van der Waals surface area contributed by atoms with E-state index in [4.69, 9.17) is 0 Å². The average molecular weight is 375 g/mol. The molecular formula is C20H17N5OS. The maximum atomic E-state index is 12.6. The summed E-state index contributed by atoms with van der Waals surface area (Å²) in [7, 11) is 0. The molecule has 1 amide bonds. The summed E-state index contributed by atoms with van der Waals surface area (Å²) in [4.78, 5) is 21.1. The quantitative estimate of drug-likeness (QED) is 0.512. The second kappa shape index (κ2) is 7.59. The Bertz CT molecular complexity index is 1070. The first-order valence-corrected chi connectivity index (χ1v) is 9.37. The molecule has 0 fully saturated rings. The Hall–Kier alpha value is -3.19. The Labute approximate surface area is 160 Å². The van der Waals surface area contributed by atoms with Gasteiger partial charge in [0.15, 0.2) is 5.82 Å². The molecule has 0 spiro atoms. The molecule has 1 atom stereocenters. The number of carbonyl (C=O) groups excluding carboxylic acids is 1. The van der Waals surface area contributed by atoms with Gasteiger partial charge in [-0.1, -0.05) is 48.2 Å². The molecule has 4 aromatic rings. The fourth-order valence-electron chi connectivity index (χ4n) is 2.71. The third-order valence-corrected chi connectivity index (χ3v) is 5.06. The van der Waals surface area contributed by atoms with Crippen LogP contribution in [0.25, 0.3) is 22.2 Å². The molecule has 134 valence electrons. The van der Waals surface area contributed by atoms with Crippen LogP contribution < -0.4 is 5.32 Å². The Morgan fingerprint density at radius 3 is 2.81 bits per heavy atom. The van der Waals surface area contributed by atoms with Crippen LogP contribution >= 0.6 is 11.8 Å². The second-order valence-corrected chi connectivity index (χ2v) is 7.29. The van der Waals surface area contributed by atoms with E-state index in [2.05, 4.69) is 25.5 Å². The van der Waals surface area contributed by atoms with E-state index in [0.717, 1.165) is 22.0 Å². The molecule has 0 aliphatic heterocycles. The maximum Gasteiger partial charge on any atom is 0.237 e. The molecule has 2 aromatic carbocycles. The minimum Gasteiger partial charge on any atom is -0.325 e. The van der Waals surface area contributed by atoms with Crippen molar-refractivity contribution < 1.29 is 4.79 Å². The van der Waals surface area contributed by atoms with Crippen LogP contribution in [0.3, 0.4) is 0 Å². The summed E-state index contributed by atoms with van der Waals surface area (Å²) in [5.74, 6) is 0.538. The number of hydrogen-bond donors (Lipinski definition) is 2. The summed E-state index contributed by atoms with van der Waals surface area (Å²) in [6, 6.07) is 17.6. The van der Waals surface area contributed by atoms with E-state index in [1.807, 2.05) is 61.5 Å². The third kappa shape index (κ3) is 3.83. The highest BCUT2D eigenvalue weighted by Crippen LogP contribution is 2.26. The summed E-state index contributed by atoms with van der Waals surface area (Å²) in [5, 5.41) is 12.4. The molecular weight excluding hydrogens is 358 g/mol. The van der Waals surface area contributed by atoms with Crippen LogP contribution in [-0.2, 0) is 4.79 Å². The molecule has 0 unspecified atom stereocenters. The first-order chi connectivity index (χ1) is 13.2. The van der Waals surface area contributed by atoms with Gasteiger partial charge in [-0.25, -0.2) is 4.98 Å². The number of benzene rings is 2. The zero-order valence-corrected chi connectivity index (χ0v) is 15.4. The van der Waals surface area contributed by atoms with Crippen molar-refractivity contribution in [3.8, 4) is 11.4 Å². The van der Waals surface area contributed by atoms with Gasteiger partial charge in [-0.15, -0.1) is 5.10 Å². The first-order valence-electron chi connectivity index (χ1n) is 8.49. The van der Waals surface area contributed by atoms with Gasteiger partial charge < -0.3 is 5.32 Å². The van der Waals surface area contributed by atoms with Crippen LogP contribution in [0.2, 0.25) is 0 Å². The molecule has 0 aliphatic rings. The molecule has 0 aliphatic carbocycles. The third-order valence-electron chi connectivity index (χ3n) is 4.10. The standard InChI is InChI=1S/C20H17N5OS/c1-13(27-20-23-18(24-25-20)15-8-5-11-21-12-15)19(26)22-17-10-4-7-14-6-2-3-9-16(14)17/h2-13H,1H3,(H,22,26)(H,23,24,25)/t13-/m1/s1. The van der Waals surface area contributed by atoms with Crippen LogP contribution in [0.15, 0.2) is 72.1 Å². The average Bonchev–Trinajstić information content (AvgIpc) is 3.17. The number of fused-ring (bicyclic) bond motifs is 1. The lowest BCUT2D eigenvalue weighted by atomic mass is 10.1. The lowest BCUT2D eigenvalue weighted by molar-refractivity contribution is -0.115. The van der Waals surface area contributed by atoms with Gasteiger partial charge in [-0.2, -0.15) is 0 Å². The van der Waals surface area contributed by atoms with E-state index in [0.29, 0.717) is 11.0 Å². The zero-order chi connectivity index (χ0) is 18.6. The van der Waals surface area contributed by atoms with Gasteiger partial charge >= 0.3 is 0 Å². The van der Waals surface area contributed by atoms with E-state index in [1.165, 1.54) is 11.8 Å². The predicted molar refractivity (Wildman–Crippen MR) is 108 cm³/mol. The molecule has 0 radical (unpaired) electrons. The Morgan fingerprint density at radius 1 is 1.11 bits per heavy atom. The summed E-state index contributed by atoms with van der Waals surface area (Å²) in [6.45, 7) is 1.84. The number of rotatable bonds is 5. The lowest BCUT2D eigenvalue weighted by Crippen LogP contribution is -2.22. The highest BCUT2D eigenvalue weighted by molar-refractivity contribution is 8.00. The minimum absolute atomic E-state index is 0.0934. The first kappa shape index (κ1) is 17.2. The zero-order valence-electron chi connectivity index (χ0n) is 14.6. The number of aromatic nitrogens is 4. The highest BCUT2D eigenvalue weighted by atomic mass is 32.2. The Balaban J connectivity index is 1.46. The van der Waals surface area contributed by atoms with Crippen LogP contribution in [-0.4, -0.2) is 31.3 Å². The predicted octanol–water partition coefficient (Wildman–Crippen LogP) is 4.14. The van der Waals surface area contributed by atoms with Crippen molar-refractivity contribution in [2.45, 2.75) is 17.3 Å². The number of thioether (sulfide) groups is 1. The Morgan fingerprint density at radius 2 is 1.96 bits per heavy atom. The molecule has 2 N–H and O–H groups in total. The van der Waals surface area contributed by atoms with Gasteiger partial charge in [0.2, 0.25) is 11.1 Å². The number of nitrogens with one attached hydrogen (secondary N) is 2. The van der Waals surface area contributed by atoms with Crippen LogP contribution in [0, 0.1) is 0 Å². The van der Waals surface area contributed by atoms with Crippen molar-refractivity contribution in [2.24, 2.45) is 0 Å². The van der Waals surface area contributed by atoms with Crippen LogP contribution in [0.1, 0.15) is 6.92 Å². The number of H-pyrrole nitrogens is 1. The molecule has 2 aromatic heterocycles. The van der Waals surface area contributed by atoms with Gasteiger partial charge in [-0.05, 0) is 30.5 Å². The Kier molecular flexibility index (Phi) is 4.84. The molecule has 0 saturated carbocycles. The van der Waals surface area contributed by atoms with E-state index >= 15 is 0 Å². The number of carbonyl (C=O) groups is 1. The number of nitrogens with zero attached hydrogens (tertiary/aromatic N) is 3. The molecule has 0 saturated heterocycles. The van der Waals surface area contributed by atoms with E-state index in [9.17, 15) is 4.79 Å². The van der Waals surface area contributed by atoms with Gasteiger partial charge in [0.1, 0.15) is 0 Å². The molecule has 2 heterocycles. The van der Waals surface area contributed by atoms with Gasteiger partial charge in [0, 0.05) is 29.0 Å². The van der Waals surface area contributed by atoms with E-state index in [1.54, 1.807) is 12.4 Å². The SMILES string of the molecule is C[C@@H](Sc1n[nH]c(-c2cccnc2)n1)C(=O)Nc1cccc2ccccc12. The molecule has 27 heavy (non-hydrogen) atoms. The van der Waals surface area contributed by atoms with E-state index < -0.39 is 0 Å². The normalized spacial score (nSPS) is 12.0. The number of anilines is 1. The van der Waals surface area contributed by atoms with Crippen molar-refractivity contribution in [2.75, 3.05) is 5.32 Å². The number of aromatic amines is 1. The van der Waals surface area contributed by atoms with Gasteiger partial charge in [0.05, 0.1) is 5.25 Å². The van der Waals surface area contributed by atoms with Crippen molar-refractivity contribution in [3.63, 3.8) is 0 Å². The molecule has 7 heteroatoms. The number of amides is 1. The summed E-state index contributed by atoms with van der Waals surface area (Å²) in [5.41, 5.74) is 1.65. The van der Waals surface area contributed by atoms with Crippen LogP contribution in [0.4, 0.5) is 5.69 Å². The van der Waals surface area contributed by atoms with Gasteiger partial charge in [-0.3, -0.25) is 14.9 Å².